The van der Waals surface area contributed by atoms with Crippen LogP contribution in [-0.4, -0.2) is 49.4 Å². The van der Waals surface area contributed by atoms with Crippen molar-refractivity contribution in [3.63, 3.8) is 0 Å². The van der Waals surface area contributed by atoms with E-state index in [9.17, 15) is 9.59 Å². The molecule has 27 heavy (non-hydrogen) atoms. The van der Waals surface area contributed by atoms with E-state index in [0.29, 0.717) is 24.3 Å². The lowest BCUT2D eigenvalue weighted by atomic mass is 9.91. The average molecular weight is 361 g/mol. The van der Waals surface area contributed by atoms with Gasteiger partial charge in [-0.05, 0) is 37.1 Å². The third kappa shape index (κ3) is 3.48. The van der Waals surface area contributed by atoms with Crippen LogP contribution in [0.25, 0.3) is 5.69 Å². The minimum Gasteiger partial charge on any atom is -0.338 e. The number of likely N-dealkylation sites (tertiary alicyclic amines) is 1. The Labute approximate surface area is 156 Å². The molecule has 4 rings (SSSR count). The van der Waals surface area contributed by atoms with Gasteiger partial charge in [0.05, 0.1) is 11.3 Å². The number of hydrogen-bond donors (Lipinski definition) is 0. The van der Waals surface area contributed by atoms with Gasteiger partial charge in [-0.3, -0.25) is 19.1 Å². The molecule has 0 spiro atoms. The second kappa shape index (κ2) is 7.49. The molecule has 0 bridgehead atoms. The predicted molar refractivity (Wildman–Crippen MR) is 98.6 cm³/mol. The zero-order chi connectivity index (χ0) is 18.6. The van der Waals surface area contributed by atoms with Gasteiger partial charge in [-0.25, -0.2) is 0 Å². The second-order valence-electron chi connectivity index (χ2n) is 6.56. The minimum atomic E-state index is -0.223. The van der Waals surface area contributed by atoms with Crippen molar-refractivity contribution in [1.82, 2.24) is 24.6 Å². The third-order valence-electron chi connectivity index (χ3n) is 4.83. The lowest BCUT2D eigenvalue weighted by molar-refractivity contribution is 0.0635. The van der Waals surface area contributed by atoms with Crippen molar-refractivity contribution < 1.29 is 9.59 Å². The monoisotopic (exact) mass is 361 g/mol. The number of carbonyl (C=O) groups excluding carboxylic acids is 2. The van der Waals surface area contributed by atoms with Crippen molar-refractivity contribution in [3.8, 4) is 5.69 Å². The van der Waals surface area contributed by atoms with Gasteiger partial charge in [-0.2, -0.15) is 0 Å². The molecule has 7 heteroatoms. The quantitative estimate of drug-likeness (QED) is 0.667. The highest BCUT2D eigenvalue weighted by Gasteiger charge is 2.30. The Bertz CT molecular complexity index is 940. The lowest BCUT2D eigenvalue weighted by Gasteiger charge is -2.32. The van der Waals surface area contributed by atoms with Crippen LogP contribution in [0.5, 0.6) is 0 Å². The normalized spacial score (nSPS) is 16.9. The molecule has 1 amide bonds. The maximum Gasteiger partial charge on any atom is 0.256 e. The number of carbonyl (C=O) groups is 2. The predicted octanol–water partition coefficient (Wildman–Crippen LogP) is 2.40. The Hall–Kier alpha value is -3.35. The van der Waals surface area contributed by atoms with E-state index in [1.54, 1.807) is 52.6 Å². The van der Waals surface area contributed by atoms with Gasteiger partial charge in [0.15, 0.2) is 5.78 Å². The zero-order valence-corrected chi connectivity index (χ0v) is 14.7. The fraction of sp³-hybridized carbons (Fsp3) is 0.250. The molecule has 1 aliphatic rings. The van der Waals surface area contributed by atoms with Crippen LogP contribution in [0, 0.1) is 5.92 Å². The zero-order valence-electron chi connectivity index (χ0n) is 14.7. The van der Waals surface area contributed by atoms with Crippen LogP contribution in [0.15, 0.2) is 61.3 Å². The number of hydrogen-bond acceptors (Lipinski definition) is 5. The fourth-order valence-corrected chi connectivity index (χ4v) is 3.47. The molecule has 2 aromatic heterocycles. The summed E-state index contributed by atoms with van der Waals surface area (Å²) < 4.78 is 1.72. The van der Waals surface area contributed by atoms with Gasteiger partial charge in [-0.15, -0.1) is 10.2 Å². The molecule has 136 valence electrons. The number of aromatic nitrogens is 4. The van der Waals surface area contributed by atoms with Crippen LogP contribution in [0.1, 0.15) is 33.7 Å². The van der Waals surface area contributed by atoms with Crippen LogP contribution < -0.4 is 0 Å². The average Bonchev–Trinajstić information content (AvgIpc) is 3.28. The summed E-state index contributed by atoms with van der Waals surface area (Å²) in [4.78, 5) is 31.8. The molecule has 1 aromatic carbocycles. The van der Waals surface area contributed by atoms with Crippen molar-refractivity contribution in [3.05, 3.63) is 72.6 Å². The number of piperidine rings is 1. The van der Waals surface area contributed by atoms with E-state index in [2.05, 4.69) is 15.2 Å². The van der Waals surface area contributed by atoms with Crippen LogP contribution >= 0.6 is 0 Å². The van der Waals surface area contributed by atoms with E-state index in [1.807, 2.05) is 18.2 Å². The number of para-hydroxylation sites is 1. The largest absolute Gasteiger partial charge is 0.338 e. The summed E-state index contributed by atoms with van der Waals surface area (Å²) in [6, 6.07) is 12.7. The Morgan fingerprint density at radius 2 is 1.78 bits per heavy atom. The van der Waals surface area contributed by atoms with Crippen LogP contribution in [0.3, 0.4) is 0 Å². The molecule has 3 heterocycles. The maximum absolute atomic E-state index is 13.2. The minimum absolute atomic E-state index is 0.000180. The molecular formula is C20H19N5O2. The molecule has 1 unspecified atom stereocenters. The highest BCUT2D eigenvalue weighted by Crippen LogP contribution is 2.23. The Kier molecular flexibility index (Phi) is 4.74. The second-order valence-corrected chi connectivity index (χ2v) is 6.56. The summed E-state index contributed by atoms with van der Waals surface area (Å²) in [7, 11) is 0. The fourth-order valence-electron chi connectivity index (χ4n) is 3.47. The summed E-state index contributed by atoms with van der Waals surface area (Å²) in [6.45, 7) is 1.05. The number of ketones is 1. The lowest BCUT2D eigenvalue weighted by Crippen LogP contribution is -2.42. The van der Waals surface area contributed by atoms with Crippen LogP contribution in [-0.2, 0) is 0 Å². The number of pyridine rings is 1. The molecular weight excluding hydrogens is 342 g/mol. The molecule has 1 aliphatic heterocycles. The van der Waals surface area contributed by atoms with Gasteiger partial charge in [0, 0.05) is 25.2 Å². The van der Waals surface area contributed by atoms with E-state index in [1.165, 1.54) is 0 Å². The van der Waals surface area contributed by atoms with Gasteiger partial charge in [0.25, 0.3) is 5.91 Å². The Morgan fingerprint density at radius 3 is 2.56 bits per heavy atom. The molecule has 0 radical (unpaired) electrons. The van der Waals surface area contributed by atoms with Crippen LogP contribution in [0.4, 0.5) is 0 Å². The molecule has 3 aromatic rings. The van der Waals surface area contributed by atoms with E-state index in [0.717, 1.165) is 18.5 Å². The third-order valence-corrected chi connectivity index (χ3v) is 4.83. The number of rotatable bonds is 4. The summed E-state index contributed by atoms with van der Waals surface area (Å²) in [6.07, 6.45) is 6.32. The maximum atomic E-state index is 13.2. The molecule has 7 nitrogen and oxygen atoms in total. The molecule has 0 saturated carbocycles. The Balaban J connectivity index is 1.56. The van der Waals surface area contributed by atoms with E-state index >= 15 is 0 Å². The highest BCUT2D eigenvalue weighted by atomic mass is 16.2. The summed E-state index contributed by atoms with van der Waals surface area (Å²) >= 11 is 0. The van der Waals surface area contributed by atoms with Crippen molar-refractivity contribution in [2.75, 3.05) is 13.1 Å². The summed E-state index contributed by atoms with van der Waals surface area (Å²) in [5.74, 6) is -0.308. The first-order chi connectivity index (χ1) is 13.2. The first-order valence-electron chi connectivity index (χ1n) is 8.92. The van der Waals surface area contributed by atoms with Crippen molar-refractivity contribution >= 4 is 11.7 Å². The first-order valence-corrected chi connectivity index (χ1v) is 8.92. The van der Waals surface area contributed by atoms with Gasteiger partial charge in [0.2, 0.25) is 0 Å². The number of nitrogens with zero attached hydrogens (tertiary/aromatic N) is 5. The van der Waals surface area contributed by atoms with Crippen LogP contribution in [0.2, 0.25) is 0 Å². The summed E-state index contributed by atoms with van der Waals surface area (Å²) in [5.41, 5.74) is 1.76. The molecule has 1 atom stereocenters. The SMILES string of the molecule is O=C(c1ccccn1)C1CCCN(C(=O)c2ccccc2-n2cnnc2)C1. The highest BCUT2D eigenvalue weighted by molar-refractivity contribution is 5.99. The number of Topliss-reactive ketones (excluding diaryl/α,β-unsaturated/α-hetero) is 1. The molecule has 1 fully saturated rings. The topological polar surface area (TPSA) is 81.0 Å². The molecule has 0 aliphatic carbocycles. The van der Waals surface area contributed by atoms with Gasteiger partial charge in [0.1, 0.15) is 18.3 Å². The first kappa shape index (κ1) is 17.1. The van der Waals surface area contributed by atoms with E-state index < -0.39 is 0 Å². The Morgan fingerprint density at radius 1 is 1.00 bits per heavy atom. The van der Waals surface area contributed by atoms with Gasteiger partial charge >= 0.3 is 0 Å². The van der Waals surface area contributed by atoms with E-state index in [4.69, 9.17) is 0 Å². The smallest absolute Gasteiger partial charge is 0.256 e. The van der Waals surface area contributed by atoms with Gasteiger partial charge < -0.3 is 4.90 Å². The summed E-state index contributed by atoms with van der Waals surface area (Å²) in [5, 5.41) is 7.63. The number of benzene rings is 1. The van der Waals surface area contributed by atoms with Crippen molar-refractivity contribution in [1.29, 1.82) is 0 Å². The molecule has 0 N–H and O–H groups in total. The van der Waals surface area contributed by atoms with Gasteiger partial charge in [-0.1, -0.05) is 18.2 Å². The molecule has 1 saturated heterocycles. The number of amides is 1. The van der Waals surface area contributed by atoms with E-state index in [-0.39, 0.29) is 17.6 Å². The van der Waals surface area contributed by atoms with Crippen molar-refractivity contribution in [2.24, 2.45) is 5.92 Å². The van der Waals surface area contributed by atoms with Crippen molar-refractivity contribution in [2.45, 2.75) is 12.8 Å². The standard InChI is InChI=1S/C20H19N5O2/c26-19(17-8-3-4-10-21-17)15-6-5-11-24(12-15)20(27)16-7-1-2-9-18(16)25-13-22-23-14-25/h1-4,7-10,13-15H,5-6,11-12H2.